The quantitative estimate of drug-likeness (QED) is 0.272. The molecule has 246 valence electrons. The number of anilines is 2. The second kappa shape index (κ2) is 14.4. The molecule has 4 rings (SSSR count). The van der Waals surface area contributed by atoms with Crippen LogP contribution in [0.2, 0.25) is 0 Å². The van der Waals surface area contributed by atoms with Crippen LogP contribution in [0, 0.1) is 0 Å². The fourth-order valence-electron chi connectivity index (χ4n) is 4.90. The average molecular weight is 653 g/mol. The van der Waals surface area contributed by atoms with Crippen LogP contribution in [0.4, 0.5) is 24.8 Å². The molecule has 3 aromatic rings. The molecule has 15 heteroatoms. The van der Waals surface area contributed by atoms with Crippen molar-refractivity contribution in [2.45, 2.75) is 38.6 Å². The second-order valence-electron chi connectivity index (χ2n) is 10.6. The lowest BCUT2D eigenvalue weighted by Gasteiger charge is -2.29. The number of sulfonamides is 1. The average Bonchev–Trinajstić information content (AvgIpc) is 3.31. The lowest BCUT2D eigenvalue weighted by atomic mass is 10.1. The van der Waals surface area contributed by atoms with Crippen LogP contribution < -0.4 is 20.1 Å². The standard InChI is InChI=1S/C29H35F3N6O5S.CH4/c1-37(2)14-8-13-33-26(39)19-11-12-23(42-4)22(15-19)35-28-34-17-21(29(30,31)32)27(36-28)43-24-16-18-9-6-7-10-20(18)25(24)38(3)44(5,40)41;/h6-7,9-12,15,17,24-25H,8,13-14,16H2,1-5H3,(H,33,39)(H,34,35,36);1H4/t24-,25-;/m1./s1. The number of amides is 1. The first-order valence-corrected chi connectivity index (χ1v) is 15.5. The van der Waals surface area contributed by atoms with E-state index in [-0.39, 0.29) is 37.0 Å². The van der Waals surface area contributed by atoms with Crippen LogP contribution in [0.5, 0.6) is 11.6 Å². The Bertz CT molecular complexity index is 1600. The van der Waals surface area contributed by atoms with Crippen LogP contribution in [0.25, 0.3) is 0 Å². The molecule has 0 saturated carbocycles. The van der Waals surface area contributed by atoms with Crippen LogP contribution >= 0.6 is 0 Å². The Morgan fingerprint density at radius 1 is 1.13 bits per heavy atom. The largest absolute Gasteiger partial charge is 0.495 e. The van der Waals surface area contributed by atoms with Gasteiger partial charge in [-0.2, -0.15) is 22.5 Å². The Kier molecular flexibility index (Phi) is 11.4. The third kappa shape index (κ3) is 8.61. The number of methoxy groups -OCH3 is 1. The highest BCUT2D eigenvalue weighted by molar-refractivity contribution is 7.88. The highest BCUT2D eigenvalue weighted by atomic mass is 32.2. The van der Waals surface area contributed by atoms with Gasteiger partial charge in [0.1, 0.15) is 17.4 Å². The van der Waals surface area contributed by atoms with E-state index in [0.29, 0.717) is 24.1 Å². The van der Waals surface area contributed by atoms with Gasteiger partial charge in [-0.05, 0) is 56.4 Å². The van der Waals surface area contributed by atoms with Crippen LogP contribution in [0.1, 0.15) is 46.9 Å². The first-order chi connectivity index (χ1) is 20.7. The van der Waals surface area contributed by atoms with Gasteiger partial charge in [0.05, 0.1) is 25.1 Å². The summed E-state index contributed by atoms with van der Waals surface area (Å²) in [7, 11) is 2.89. The second-order valence-corrected chi connectivity index (χ2v) is 12.7. The summed E-state index contributed by atoms with van der Waals surface area (Å²) >= 11 is 0. The predicted molar refractivity (Wildman–Crippen MR) is 165 cm³/mol. The molecule has 45 heavy (non-hydrogen) atoms. The molecule has 0 bridgehead atoms. The fraction of sp³-hybridized carbons (Fsp3) is 0.433. The molecule has 11 nitrogen and oxygen atoms in total. The smallest absolute Gasteiger partial charge is 0.423 e. The maximum atomic E-state index is 14.1. The fourth-order valence-corrected chi connectivity index (χ4v) is 5.56. The van der Waals surface area contributed by atoms with Gasteiger partial charge in [-0.3, -0.25) is 4.79 Å². The minimum absolute atomic E-state index is 0. The van der Waals surface area contributed by atoms with Gasteiger partial charge in [0.2, 0.25) is 21.9 Å². The minimum Gasteiger partial charge on any atom is -0.495 e. The zero-order chi connectivity index (χ0) is 32.2. The number of likely N-dealkylation sites (N-methyl/N-ethyl adjacent to an activating group) is 1. The SMILES string of the molecule is C.COc1ccc(C(=O)NCCCN(C)C)cc1Nc1ncc(C(F)(F)F)c(O[C@@H]2Cc3ccccc3[C@H]2N(C)S(C)(=O)=O)n1. The first kappa shape index (κ1) is 35.5. The Morgan fingerprint density at radius 3 is 2.49 bits per heavy atom. The van der Waals surface area contributed by atoms with Gasteiger partial charge in [0.15, 0.2) is 0 Å². The van der Waals surface area contributed by atoms with Gasteiger partial charge >= 0.3 is 6.18 Å². The number of ether oxygens (including phenoxy) is 2. The van der Waals surface area contributed by atoms with E-state index in [1.165, 1.54) is 20.2 Å². The molecule has 0 fully saturated rings. The number of carbonyl (C=O) groups is 1. The zero-order valence-electron chi connectivity index (χ0n) is 25.0. The van der Waals surface area contributed by atoms with Crippen molar-refractivity contribution in [3.05, 3.63) is 70.9 Å². The van der Waals surface area contributed by atoms with E-state index < -0.39 is 39.8 Å². The number of fused-ring (bicyclic) bond motifs is 1. The van der Waals surface area contributed by atoms with Gasteiger partial charge < -0.3 is 25.0 Å². The molecule has 1 aliphatic carbocycles. The molecule has 0 aliphatic heterocycles. The van der Waals surface area contributed by atoms with Crippen molar-refractivity contribution in [3.8, 4) is 11.6 Å². The number of rotatable bonds is 12. The number of nitrogens with one attached hydrogen (secondary N) is 2. The number of carbonyl (C=O) groups excluding carboxylic acids is 1. The highest BCUT2D eigenvalue weighted by Gasteiger charge is 2.43. The zero-order valence-corrected chi connectivity index (χ0v) is 25.8. The monoisotopic (exact) mass is 652 g/mol. The topological polar surface area (TPSA) is 126 Å². The first-order valence-electron chi connectivity index (χ1n) is 13.7. The number of halogens is 3. The number of hydrogen-bond acceptors (Lipinski definition) is 9. The minimum atomic E-state index is -4.86. The van der Waals surface area contributed by atoms with E-state index in [4.69, 9.17) is 9.47 Å². The van der Waals surface area contributed by atoms with E-state index in [9.17, 15) is 26.4 Å². The summed E-state index contributed by atoms with van der Waals surface area (Å²) in [4.78, 5) is 22.6. The number of nitrogens with zero attached hydrogens (tertiary/aromatic N) is 4. The number of aromatic nitrogens is 2. The normalized spacial score (nSPS) is 16.2. The van der Waals surface area contributed by atoms with Crippen LogP contribution in [0.15, 0.2) is 48.7 Å². The van der Waals surface area contributed by atoms with Crippen molar-refractivity contribution in [2.24, 2.45) is 0 Å². The van der Waals surface area contributed by atoms with Crippen molar-refractivity contribution < 1.29 is 35.9 Å². The van der Waals surface area contributed by atoms with Gasteiger partial charge in [0, 0.05) is 31.8 Å². The Hall–Kier alpha value is -3.95. The number of hydrogen-bond donors (Lipinski definition) is 2. The molecule has 1 amide bonds. The molecule has 0 radical (unpaired) electrons. The lowest BCUT2D eigenvalue weighted by molar-refractivity contribution is -0.140. The van der Waals surface area contributed by atoms with Crippen molar-refractivity contribution in [2.75, 3.05) is 52.9 Å². The number of benzene rings is 2. The van der Waals surface area contributed by atoms with Gasteiger partial charge in [-0.15, -0.1) is 0 Å². The third-order valence-corrected chi connectivity index (χ3v) is 8.43. The summed E-state index contributed by atoms with van der Waals surface area (Å²) in [6, 6.07) is 10.7. The summed E-state index contributed by atoms with van der Waals surface area (Å²) in [6.07, 6.45) is -3.36. The van der Waals surface area contributed by atoms with Crippen LogP contribution in [-0.2, 0) is 22.6 Å². The molecular formula is C30H39F3N6O5S. The third-order valence-electron chi connectivity index (χ3n) is 7.16. The summed E-state index contributed by atoms with van der Waals surface area (Å²) < 4.78 is 79.5. The lowest BCUT2D eigenvalue weighted by Crippen LogP contribution is -2.38. The molecule has 2 N–H and O–H groups in total. The molecule has 1 aromatic heterocycles. The summed E-state index contributed by atoms with van der Waals surface area (Å²) in [6.45, 7) is 1.25. The molecule has 0 unspecified atom stereocenters. The molecule has 0 saturated heterocycles. The van der Waals surface area contributed by atoms with Crippen molar-refractivity contribution in [3.63, 3.8) is 0 Å². The summed E-state index contributed by atoms with van der Waals surface area (Å²) in [5, 5.41) is 5.66. The van der Waals surface area contributed by atoms with E-state index >= 15 is 0 Å². The highest BCUT2D eigenvalue weighted by Crippen LogP contribution is 2.42. The molecule has 2 aromatic carbocycles. The Morgan fingerprint density at radius 2 is 1.84 bits per heavy atom. The van der Waals surface area contributed by atoms with Gasteiger partial charge in [0.25, 0.3) is 5.91 Å². The maximum absolute atomic E-state index is 14.1. The Balaban J connectivity index is 0.00000552. The maximum Gasteiger partial charge on any atom is 0.423 e. The molecule has 1 aliphatic rings. The van der Waals surface area contributed by atoms with Crippen molar-refractivity contribution in [1.29, 1.82) is 0 Å². The van der Waals surface area contributed by atoms with E-state index in [1.807, 2.05) is 19.0 Å². The van der Waals surface area contributed by atoms with Crippen LogP contribution in [-0.4, -0.2) is 87.2 Å². The van der Waals surface area contributed by atoms with E-state index in [2.05, 4.69) is 20.6 Å². The molecule has 0 spiro atoms. The van der Waals surface area contributed by atoms with E-state index in [1.54, 1.807) is 36.4 Å². The van der Waals surface area contributed by atoms with Crippen molar-refractivity contribution in [1.82, 2.24) is 24.5 Å². The van der Waals surface area contributed by atoms with Gasteiger partial charge in [-0.25, -0.2) is 13.4 Å². The van der Waals surface area contributed by atoms with Crippen LogP contribution in [0.3, 0.4) is 0 Å². The molecule has 2 atom stereocenters. The predicted octanol–water partition coefficient (Wildman–Crippen LogP) is 4.50. The summed E-state index contributed by atoms with van der Waals surface area (Å²) in [5.74, 6) is -1.07. The van der Waals surface area contributed by atoms with Gasteiger partial charge in [-0.1, -0.05) is 31.7 Å². The summed E-state index contributed by atoms with van der Waals surface area (Å²) in [5.41, 5.74) is 0.685. The molecule has 1 heterocycles. The van der Waals surface area contributed by atoms with Crippen molar-refractivity contribution >= 4 is 27.6 Å². The van der Waals surface area contributed by atoms with E-state index in [0.717, 1.165) is 29.1 Å². The molecular weight excluding hydrogens is 613 g/mol. The Labute approximate surface area is 261 Å². The number of alkyl halides is 3.